The van der Waals surface area contributed by atoms with Crippen LogP contribution in [0, 0.1) is 0 Å². The Morgan fingerprint density at radius 1 is 1.06 bits per heavy atom. The molecule has 1 aliphatic carbocycles. The van der Waals surface area contributed by atoms with E-state index in [0.29, 0.717) is 5.37 Å². The van der Waals surface area contributed by atoms with Crippen molar-refractivity contribution in [2.75, 3.05) is 18.0 Å². The molecule has 0 fully saturated rings. The standard InChI is InChI=1S/C28H27N3S2/c1-3-30-22-9-5-7-11-24(22)32-26(30)17-19-15-20-13-14-29-28(20)21(16-19)18-27-31(4-2)23-10-6-8-12-25(23)33-27/h5-14,16-18,26,29H,3-4,15H2,1-2H3/p+1/b19-17+,27-18-. The summed E-state index contributed by atoms with van der Waals surface area (Å²) < 4.78 is 0. The number of nitrogens with one attached hydrogen (secondary N) is 2. The Labute approximate surface area is 204 Å². The number of fused-ring (bicyclic) bond motifs is 3. The number of hydrogen-bond donors (Lipinski definition) is 2. The quantitative estimate of drug-likeness (QED) is 0.487. The van der Waals surface area contributed by atoms with Crippen LogP contribution in [-0.2, 0) is 6.42 Å². The summed E-state index contributed by atoms with van der Waals surface area (Å²) in [5.41, 5.74) is 8.09. The van der Waals surface area contributed by atoms with Crippen LogP contribution in [0.15, 0.2) is 99.4 Å². The molecule has 33 heavy (non-hydrogen) atoms. The fourth-order valence-electron chi connectivity index (χ4n) is 5.12. The van der Waals surface area contributed by atoms with E-state index in [1.807, 2.05) is 23.5 Å². The largest absolute Gasteiger partial charge is 0.361 e. The number of hydrogen-bond acceptors (Lipinski definition) is 3. The minimum atomic E-state index is 0.422. The molecule has 3 heterocycles. The van der Waals surface area contributed by atoms with E-state index in [9.17, 15) is 0 Å². The Balaban J connectivity index is 1.36. The van der Waals surface area contributed by atoms with Gasteiger partial charge in [-0.15, -0.1) is 0 Å². The van der Waals surface area contributed by atoms with E-state index in [0.717, 1.165) is 19.5 Å². The maximum Gasteiger partial charge on any atom is 0.163 e. The third-order valence-electron chi connectivity index (χ3n) is 6.67. The molecule has 5 heteroatoms. The van der Waals surface area contributed by atoms with Crippen molar-refractivity contribution in [3.63, 3.8) is 0 Å². The van der Waals surface area contributed by atoms with E-state index < -0.39 is 0 Å². The predicted octanol–water partition coefficient (Wildman–Crippen LogP) is 6.02. The van der Waals surface area contributed by atoms with E-state index in [-0.39, 0.29) is 0 Å². The SMILES string of the molecule is CCN1/C(=C/C2=CC(=C/C3Sc4ccccc4[NH+]3CC)/Cc3cc[nH]c32)Sc2ccccc21. The highest BCUT2D eigenvalue weighted by Crippen LogP contribution is 2.47. The summed E-state index contributed by atoms with van der Waals surface area (Å²) in [7, 11) is 0. The predicted molar refractivity (Wildman–Crippen MR) is 141 cm³/mol. The van der Waals surface area contributed by atoms with Crippen LogP contribution in [0.2, 0.25) is 0 Å². The fourth-order valence-corrected chi connectivity index (χ4v) is 7.73. The first-order valence-electron chi connectivity index (χ1n) is 11.7. The Bertz CT molecular complexity index is 1300. The fraction of sp³-hybridized carbons (Fsp3) is 0.214. The number of thioether (sulfide) groups is 2. The first kappa shape index (κ1) is 21.0. The van der Waals surface area contributed by atoms with Gasteiger partial charge in [0.05, 0.1) is 22.2 Å². The monoisotopic (exact) mass is 470 g/mol. The van der Waals surface area contributed by atoms with Crippen LogP contribution < -0.4 is 9.80 Å². The Hall–Kier alpha value is -2.60. The van der Waals surface area contributed by atoms with Gasteiger partial charge in [-0.3, -0.25) is 4.90 Å². The van der Waals surface area contributed by atoms with Gasteiger partial charge in [0.2, 0.25) is 0 Å². The summed E-state index contributed by atoms with van der Waals surface area (Å²) >= 11 is 3.87. The van der Waals surface area contributed by atoms with Crippen LogP contribution in [0.3, 0.4) is 0 Å². The number of likely N-dealkylation sites (N-methyl/N-ethyl adjacent to an activating group) is 1. The van der Waals surface area contributed by atoms with Gasteiger partial charge in [-0.25, -0.2) is 0 Å². The van der Waals surface area contributed by atoms with Gasteiger partial charge in [0.25, 0.3) is 0 Å². The van der Waals surface area contributed by atoms with E-state index in [1.54, 1.807) is 4.90 Å². The summed E-state index contributed by atoms with van der Waals surface area (Å²) in [6.07, 6.45) is 10.3. The number of anilines is 1. The molecule has 3 nitrogen and oxygen atoms in total. The van der Waals surface area contributed by atoms with Crippen molar-refractivity contribution in [2.45, 2.75) is 35.4 Å². The molecule has 2 atom stereocenters. The molecule has 2 aliphatic heterocycles. The van der Waals surface area contributed by atoms with Gasteiger partial charge in [0.15, 0.2) is 5.37 Å². The molecule has 0 bridgehead atoms. The van der Waals surface area contributed by atoms with Crippen molar-refractivity contribution in [3.05, 3.63) is 101 Å². The lowest BCUT2D eigenvalue weighted by Crippen LogP contribution is -3.08. The first-order valence-corrected chi connectivity index (χ1v) is 13.4. The number of H-pyrrole nitrogens is 1. The molecule has 166 valence electrons. The van der Waals surface area contributed by atoms with Crippen LogP contribution >= 0.6 is 23.5 Å². The van der Waals surface area contributed by atoms with E-state index >= 15 is 0 Å². The Kier molecular flexibility index (Phi) is 5.49. The molecule has 2 unspecified atom stereocenters. The van der Waals surface area contributed by atoms with Crippen LogP contribution in [0.1, 0.15) is 25.1 Å². The average molecular weight is 471 g/mol. The van der Waals surface area contributed by atoms with Gasteiger partial charge in [-0.05, 0) is 73.9 Å². The Morgan fingerprint density at radius 2 is 1.88 bits per heavy atom. The molecular formula is C28H28N3S2+. The van der Waals surface area contributed by atoms with Crippen molar-refractivity contribution < 1.29 is 4.90 Å². The number of allylic oxidation sites excluding steroid dienone is 4. The summed E-state index contributed by atoms with van der Waals surface area (Å²) in [6, 6.07) is 19.8. The van der Waals surface area contributed by atoms with Crippen molar-refractivity contribution in [1.82, 2.24) is 4.98 Å². The number of aromatic amines is 1. The zero-order valence-electron chi connectivity index (χ0n) is 19.0. The first-order chi connectivity index (χ1) is 16.2. The van der Waals surface area contributed by atoms with Crippen LogP contribution in [-0.4, -0.2) is 23.4 Å². The van der Waals surface area contributed by atoms with Crippen LogP contribution in [0.4, 0.5) is 11.4 Å². The van der Waals surface area contributed by atoms with Gasteiger partial charge < -0.3 is 9.88 Å². The van der Waals surface area contributed by atoms with Gasteiger partial charge in [-0.2, -0.15) is 0 Å². The third kappa shape index (κ3) is 3.68. The molecule has 2 N–H and O–H groups in total. The topological polar surface area (TPSA) is 23.5 Å². The van der Waals surface area contributed by atoms with Crippen molar-refractivity contribution >= 4 is 40.5 Å². The molecule has 3 aromatic rings. The average Bonchev–Trinajstić information content (AvgIpc) is 3.53. The molecule has 0 saturated heterocycles. The van der Waals surface area contributed by atoms with Gasteiger partial charge in [0.1, 0.15) is 5.69 Å². The number of rotatable bonds is 4. The number of benzene rings is 2. The summed E-state index contributed by atoms with van der Waals surface area (Å²) in [6.45, 7) is 6.58. The molecule has 1 aromatic heterocycles. The highest BCUT2D eigenvalue weighted by atomic mass is 32.2. The van der Waals surface area contributed by atoms with E-state index in [4.69, 9.17) is 0 Å². The molecule has 3 aliphatic rings. The molecule has 2 aromatic carbocycles. The van der Waals surface area contributed by atoms with E-state index in [2.05, 4.69) is 103 Å². The van der Waals surface area contributed by atoms with Gasteiger partial charge in [0, 0.05) is 35.0 Å². The second-order valence-electron chi connectivity index (χ2n) is 8.61. The highest BCUT2D eigenvalue weighted by Gasteiger charge is 2.33. The summed E-state index contributed by atoms with van der Waals surface area (Å²) in [5, 5.41) is 1.72. The maximum absolute atomic E-state index is 3.51. The molecule has 0 spiro atoms. The second-order valence-corrected chi connectivity index (χ2v) is 10.9. The summed E-state index contributed by atoms with van der Waals surface area (Å²) in [4.78, 5) is 10.2. The smallest absolute Gasteiger partial charge is 0.163 e. The molecular weight excluding hydrogens is 442 g/mol. The lowest BCUT2D eigenvalue weighted by atomic mass is 9.93. The van der Waals surface area contributed by atoms with Gasteiger partial charge in [-0.1, -0.05) is 47.8 Å². The minimum Gasteiger partial charge on any atom is -0.361 e. The number of nitrogens with zero attached hydrogens (tertiary/aromatic N) is 1. The second kappa shape index (κ2) is 8.64. The lowest BCUT2D eigenvalue weighted by molar-refractivity contribution is -0.833. The normalized spacial score (nSPS) is 23.6. The maximum atomic E-state index is 3.51. The van der Waals surface area contributed by atoms with E-state index in [1.165, 1.54) is 48.6 Å². The highest BCUT2D eigenvalue weighted by molar-refractivity contribution is 8.03. The van der Waals surface area contributed by atoms with Crippen LogP contribution in [0.5, 0.6) is 0 Å². The molecule has 0 radical (unpaired) electrons. The number of para-hydroxylation sites is 2. The minimum absolute atomic E-state index is 0.422. The zero-order valence-corrected chi connectivity index (χ0v) is 20.6. The molecule has 0 amide bonds. The lowest BCUT2D eigenvalue weighted by Gasteiger charge is -2.21. The Morgan fingerprint density at radius 3 is 2.73 bits per heavy atom. The molecule has 0 saturated carbocycles. The summed E-state index contributed by atoms with van der Waals surface area (Å²) in [5.74, 6) is 0. The third-order valence-corrected chi connectivity index (χ3v) is 9.06. The van der Waals surface area contributed by atoms with Crippen molar-refractivity contribution in [3.8, 4) is 0 Å². The van der Waals surface area contributed by atoms with Crippen molar-refractivity contribution in [2.24, 2.45) is 0 Å². The molecule has 6 rings (SSSR count). The van der Waals surface area contributed by atoms with Crippen LogP contribution in [0.25, 0.3) is 5.57 Å². The number of aromatic nitrogens is 1. The zero-order chi connectivity index (χ0) is 22.4. The van der Waals surface area contributed by atoms with Gasteiger partial charge >= 0.3 is 0 Å². The van der Waals surface area contributed by atoms with Crippen molar-refractivity contribution in [1.29, 1.82) is 0 Å². The number of quaternary nitrogens is 1.